The van der Waals surface area contributed by atoms with Gasteiger partial charge in [-0.15, -0.1) is 0 Å². The van der Waals surface area contributed by atoms with Crippen LogP contribution in [0.3, 0.4) is 0 Å². The van der Waals surface area contributed by atoms with Crippen molar-refractivity contribution in [1.29, 1.82) is 0 Å². The van der Waals surface area contributed by atoms with Gasteiger partial charge in [0.05, 0.1) is 13.2 Å². The molecule has 0 radical (unpaired) electrons. The summed E-state index contributed by atoms with van der Waals surface area (Å²) in [6, 6.07) is 12.0. The quantitative estimate of drug-likeness (QED) is 0.396. The summed E-state index contributed by atoms with van der Waals surface area (Å²) in [5.74, 6) is 1.53. The molecule has 39 heavy (non-hydrogen) atoms. The van der Waals surface area contributed by atoms with Crippen LogP contribution in [-0.2, 0) is 19.5 Å². The smallest absolute Gasteiger partial charge is 0.278 e. The second kappa shape index (κ2) is 11.0. The Balaban J connectivity index is 1.34. The van der Waals surface area contributed by atoms with Crippen LogP contribution in [0.5, 0.6) is 5.88 Å². The van der Waals surface area contributed by atoms with Crippen LogP contribution in [0.2, 0.25) is 0 Å². The summed E-state index contributed by atoms with van der Waals surface area (Å²) in [7, 11) is 4.22. The van der Waals surface area contributed by atoms with Gasteiger partial charge < -0.3 is 15.0 Å². The number of fused-ring (bicyclic) bond motifs is 7. The molecular weight excluding hydrogens is 492 g/mol. The van der Waals surface area contributed by atoms with Gasteiger partial charge >= 0.3 is 0 Å². The van der Waals surface area contributed by atoms with E-state index in [1.165, 1.54) is 11.1 Å². The van der Waals surface area contributed by atoms with Crippen molar-refractivity contribution in [1.82, 2.24) is 34.1 Å². The van der Waals surface area contributed by atoms with E-state index in [2.05, 4.69) is 63.5 Å². The lowest BCUT2D eigenvalue weighted by Gasteiger charge is -2.30. The molecule has 0 amide bonds. The van der Waals surface area contributed by atoms with Crippen molar-refractivity contribution in [2.75, 3.05) is 45.7 Å². The van der Waals surface area contributed by atoms with Crippen molar-refractivity contribution in [3.05, 3.63) is 76.2 Å². The zero-order valence-electron chi connectivity index (χ0n) is 22.5. The topological polar surface area (TPSA) is 93.3 Å². The first-order chi connectivity index (χ1) is 19.0. The van der Waals surface area contributed by atoms with Gasteiger partial charge in [0.25, 0.3) is 5.56 Å². The lowest BCUT2D eigenvalue weighted by atomic mass is 9.99. The lowest BCUT2D eigenvalue weighted by molar-refractivity contribution is 0.225. The molecule has 0 unspecified atom stereocenters. The minimum atomic E-state index is -0.155. The Hall–Kier alpha value is -4.02. The summed E-state index contributed by atoms with van der Waals surface area (Å²) in [5.41, 5.74) is 3.98. The fraction of sp³-hybridized carbons (Fsp3) is 0.379. The molecule has 5 heterocycles. The van der Waals surface area contributed by atoms with E-state index in [1.807, 2.05) is 24.3 Å². The number of hydrogen-bond acceptors (Lipinski definition) is 8. The van der Waals surface area contributed by atoms with Gasteiger partial charge in [0, 0.05) is 44.1 Å². The van der Waals surface area contributed by atoms with Crippen LogP contribution in [0.15, 0.2) is 59.5 Å². The first-order valence-electron chi connectivity index (χ1n) is 13.5. The lowest BCUT2D eigenvalue weighted by Crippen LogP contribution is -2.35. The van der Waals surface area contributed by atoms with Crippen molar-refractivity contribution in [3.63, 3.8) is 0 Å². The minimum absolute atomic E-state index is 0.155. The maximum absolute atomic E-state index is 13.4. The molecular formula is C29H34N8O2. The van der Waals surface area contributed by atoms with Crippen LogP contribution in [0.4, 0.5) is 11.6 Å². The molecule has 0 atom stereocenters. The van der Waals surface area contributed by atoms with Crippen molar-refractivity contribution in [2.24, 2.45) is 0 Å². The molecule has 3 aromatic heterocycles. The van der Waals surface area contributed by atoms with Crippen molar-refractivity contribution < 1.29 is 4.74 Å². The van der Waals surface area contributed by atoms with Crippen molar-refractivity contribution >= 4 is 22.7 Å². The summed E-state index contributed by atoms with van der Waals surface area (Å²) in [4.78, 5) is 32.1. The second-order valence-electron chi connectivity index (χ2n) is 10.4. The first-order valence-corrected chi connectivity index (χ1v) is 13.5. The Morgan fingerprint density at radius 1 is 1.10 bits per heavy atom. The van der Waals surface area contributed by atoms with Gasteiger partial charge in [0.15, 0.2) is 11.5 Å². The molecule has 0 fully saturated rings. The zero-order valence-corrected chi connectivity index (χ0v) is 22.5. The average Bonchev–Trinajstić information content (AvgIpc) is 3.21. The van der Waals surface area contributed by atoms with E-state index in [9.17, 15) is 4.79 Å². The number of pyridine rings is 1. The number of benzene rings is 1. The molecule has 1 aromatic carbocycles. The highest BCUT2D eigenvalue weighted by Gasteiger charge is 2.20. The minimum Gasteiger partial charge on any atom is -0.478 e. The highest BCUT2D eigenvalue weighted by Crippen LogP contribution is 2.25. The fourth-order valence-electron chi connectivity index (χ4n) is 5.11. The van der Waals surface area contributed by atoms with E-state index in [-0.39, 0.29) is 5.56 Å². The van der Waals surface area contributed by atoms with Crippen LogP contribution in [0, 0.1) is 0 Å². The molecule has 4 aromatic rings. The predicted molar refractivity (Wildman–Crippen MR) is 152 cm³/mol. The van der Waals surface area contributed by atoms with Crippen LogP contribution >= 0.6 is 0 Å². The van der Waals surface area contributed by atoms with E-state index < -0.39 is 0 Å². The summed E-state index contributed by atoms with van der Waals surface area (Å²) < 4.78 is 9.25. The Kier molecular flexibility index (Phi) is 7.12. The Labute approximate surface area is 227 Å². The van der Waals surface area contributed by atoms with Crippen molar-refractivity contribution in [3.8, 4) is 11.7 Å². The molecule has 2 aliphatic heterocycles. The fourth-order valence-corrected chi connectivity index (χ4v) is 5.11. The number of nitrogens with one attached hydrogen (secondary N) is 1. The summed E-state index contributed by atoms with van der Waals surface area (Å²) in [6.45, 7) is 5.11. The summed E-state index contributed by atoms with van der Waals surface area (Å²) in [5, 5.41) is 3.81. The van der Waals surface area contributed by atoms with E-state index in [0.29, 0.717) is 41.8 Å². The van der Waals surface area contributed by atoms with Gasteiger partial charge in [-0.3, -0.25) is 9.69 Å². The molecule has 1 N–H and O–H groups in total. The number of allylic oxidation sites excluding steroid dienone is 2. The number of rotatable bonds is 5. The maximum atomic E-state index is 13.4. The number of hydrogen-bond donors (Lipinski definition) is 1. The molecule has 0 saturated heterocycles. The average molecular weight is 527 g/mol. The largest absolute Gasteiger partial charge is 0.478 e. The number of ether oxygens (including phenoxy) is 1. The predicted octanol–water partition coefficient (Wildman–Crippen LogP) is 3.37. The van der Waals surface area contributed by atoms with E-state index >= 15 is 0 Å². The Bertz CT molecular complexity index is 1570. The molecule has 0 saturated carbocycles. The van der Waals surface area contributed by atoms with Gasteiger partial charge in [-0.2, -0.15) is 9.97 Å². The monoisotopic (exact) mass is 526 g/mol. The first kappa shape index (κ1) is 25.3. The molecule has 10 nitrogen and oxygen atoms in total. The second-order valence-corrected chi connectivity index (χ2v) is 10.4. The molecule has 0 spiro atoms. The third-order valence-electron chi connectivity index (χ3n) is 7.23. The van der Waals surface area contributed by atoms with E-state index in [4.69, 9.17) is 9.72 Å². The maximum Gasteiger partial charge on any atom is 0.278 e. The SMILES string of the molecule is CN(C)CCN1CCc2ccc(Nc3ncc4c(=O)n5n(c4n3)-c3cccc(n3)OCCC/C=C/C5)cc2C1. The van der Waals surface area contributed by atoms with Crippen LogP contribution in [0.25, 0.3) is 16.9 Å². The zero-order chi connectivity index (χ0) is 26.8. The molecule has 6 rings (SSSR count). The molecule has 2 bridgehead atoms. The van der Waals surface area contributed by atoms with Gasteiger partial charge in [-0.1, -0.05) is 24.3 Å². The van der Waals surface area contributed by atoms with Gasteiger partial charge in [0.2, 0.25) is 11.8 Å². The molecule has 10 heteroatoms. The number of anilines is 2. The standard InChI is InChI=1S/C29H34N8O2/c1-34(2)15-16-35-14-12-21-10-11-23(18-22(21)20-35)31-29-30-19-24-27(33-29)37-25-8-7-9-26(32-25)39-17-6-4-3-5-13-36(37)28(24)38/h3,5,7-11,18-19H,4,6,12-17,20H2,1-2H3,(H,30,31,33)/b5-3+. The third kappa shape index (κ3) is 5.43. The number of likely N-dealkylation sites (N-methyl/N-ethyl adjacent to an activating group) is 1. The van der Waals surface area contributed by atoms with Crippen LogP contribution in [-0.4, -0.2) is 74.5 Å². The molecule has 202 valence electrons. The Morgan fingerprint density at radius 3 is 2.92 bits per heavy atom. The van der Waals surface area contributed by atoms with E-state index in [0.717, 1.165) is 51.1 Å². The highest BCUT2D eigenvalue weighted by atomic mass is 16.5. The normalized spacial score (nSPS) is 16.6. The Morgan fingerprint density at radius 2 is 2.03 bits per heavy atom. The number of nitrogens with zero attached hydrogens (tertiary/aromatic N) is 7. The van der Waals surface area contributed by atoms with Gasteiger partial charge in [-0.05, 0) is 62.7 Å². The van der Waals surface area contributed by atoms with Gasteiger partial charge in [0.1, 0.15) is 5.39 Å². The van der Waals surface area contributed by atoms with Gasteiger partial charge in [-0.25, -0.2) is 14.3 Å². The summed E-state index contributed by atoms with van der Waals surface area (Å²) in [6.07, 6.45) is 8.49. The highest BCUT2D eigenvalue weighted by molar-refractivity contribution is 5.77. The van der Waals surface area contributed by atoms with Crippen molar-refractivity contribution in [2.45, 2.75) is 32.4 Å². The molecule has 2 aliphatic rings. The van der Waals surface area contributed by atoms with Crippen LogP contribution < -0.4 is 15.6 Å². The van der Waals surface area contributed by atoms with E-state index in [1.54, 1.807) is 15.6 Å². The summed E-state index contributed by atoms with van der Waals surface area (Å²) >= 11 is 0. The van der Waals surface area contributed by atoms with Crippen LogP contribution in [0.1, 0.15) is 24.0 Å². The number of aromatic nitrogens is 5. The third-order valence-corrected chi connectivity index (χ3v) is 7.23. The molecule has 0 aliphatic carbocycles.